The lowest BCUT2D eigenvalue weighted by Crippen LogP contribution is -2.32. The number of hydrogen-bond acceptors (Lipinski definition) is 4. The average Bonchev–Trinajstić information content (AvgIpc) is 3.06. The topological polar surface area (TPSA) is 64.0 Å². The second-order valence-electron chi connectivity index (χ2n) is 7.06. The fourth-order valence-corrected chi connectivity index (χ4v) is 4.86. The molecule has 152 valence electrons. The first kappa shape index (κ1) is 19.6. The third kappa shape index (κ3) is 3.55. The lowest BCUT2D eigenvalue weighted by molar-refractivity contribution is -0.137. The van der Waals surface area contributed by atoms with Gasteiger partial charge in [-0.3, -0.25) is 14.2 Å². The van der Waals surface area contributed by atoms with Gasteiger partial charge in [0.25, 0.3) is 5.56 Å². The molecule has 29 heavy (non-hydrogen) atoms. The van der Waals surface area contributed by atoms with Gasteiger partial charge in [-0.05, 0) is 50.3 Å². The van der Waals surface area contributed by atoms with Crippen molar-refractivity contribution in [3.63, 3.8) is 0 Å². The van der Waals surface area contributed by atoms with Gasteiger partial charge in [0, 0.05) is 4.88 Å². The average molecular weight is 421 g/mol. The van der Waals surface area contributed by atoms with Crippen molar-refractivity contribution in [3.8, 4) is 0 Å². The van der Waals surface area contributed by atoms with Gasteiger partial charge in [0.2, 0.25) is 5.91 Å². The number of halogens is 3. The summed E-state index contributed by atoms with van der Waals surface area (Å²) in [5.41, 5.74) is -0.612. The number of carbonyl (C=O) groups excluding carboxylic acids is 1. The standard InChI is InChI=1S/C20H18F3N3O2S/c1-11(17(27)25-14-8-4-3-7-13(14)20(21,22)23)26-10-24-18-16(19(26)28)12-6-2-5-9-15(12)29-18/h3-4,7-8,10-11H,2,5-6,9H2,1H3,(H,25,27). The van der Waals surface area contributed by atoms with Crippen LogP contribution in [0.3, 0.4) is 0 Å². The molecule has 1 N–H and O–H groups in total. The fourth-order valence-electron chi connectivity index (χ4n) is 3.64. The molecule has 0 bridgehead atoms. The summed E-state index contributed by atoms with van der Waals surface area (Å²) in [7, 11) is 0. The largest absolute Gasteiger partial charge is 0.418 e. The molecule has 1 aromatic carbocycles. The number of aromatic nitrogens is 2. The quantitative estimate of drug-likeness (QED) is 0.675. The molecule has 1 aliphatic rings. The van der Waals surface area contributed by atoms with Crippen LogP contribution in [0, 0.1) is 0 Å². The lowest BCUT2D eigenvalue weighted by Gasteiger charge is -2.18. The maximum absolute atomic E-state index is 13.2. The van der Waals surface area contributed by atoms with Crippen LogP contribution >= 0.6 is 11.3 Å². The molecule has 1 aliphatic carbocycles. The second kappa shape index (κ2) is 7.29. The molecule has 9 heteroatoms. The van der Waals surface area contributed by atoms with E-state index in [1.807, 2.05) is 0 Å². The van der Waals surface area contributed by atoms with E-state index in [0.29, 0.717) is 10.2 Å². The summed E-state index contributed by atoms with van der Waals surface area (Å²) in [6.07, 6.45) is 0.491. The molecule has 0 aliphatic heterocycles. The SMILES string of the molecule is CC(C(=O)Nc1ccccc1C(F)(F)F)n1cnc2sc3c(c2c1=O)CCCC3. The van der Waals surface area contributed by atoms with E-state index < -0.39 is 23.7 Å². The van der Waals surface area contributed by atoms with Crippen molar-refractivity contribution in [2.75, 3.05) is 5.32 Å². The third-order valence-corrected chi connectivity index (χ3v) is 6.39. The first-order chi connectivity index (χ1) is 13.8. The number of rotatable bonds is 3. The molecule has 5 nitrogen and oxygen atoms in total. The highest BCUT2D eigenvalue weighted by Gasteiger charge is 2.34. The van der Waals surface area contributed by atoms with E-state index in [1.54, 1.807) is 0 Å². The summed E-state index contributed by atoms with van der Waals surface area (Å²) in [5, 5.41) is 2.83. The fraction of sp³-hybridized carbons (Fsp3) is 0.350. The van der Waals surface area contributed by atoms with E-state index in [1.165, 1.54) is 47.4 Å². The molecule has 0 fully saturated rings. The van der Waals surface area contributed by atoms with E-state index in [-0.39, 0.29) is 11.2 Å². The van der Waals surface area contributed by atoms with Gasteiger partial charge in [-0.15, -0.1) is 11.3 Å². The zero-order valence-corrected chi connectivity index (χ0v) is 16.4. The summed E-state index contributed by atoms with van der Waals surface area (Å²) in [5.74, 6) is -0.714. The number of fused-ring (bicyclic) bond motifs is 3. The van der Waals surface area contributed by atoms with Crippen LogP contribution in [0.4, 0.5) is 18.9 Å². The summed E-state index contributed by atoms with van der Waals surface area (Å²) in [6.45, 7) is 1.47. The van der Waals surface area contributed by atoms with Crippen LogP contribution in [-0.2, 0) is 23.8 Å². The van der Waals surface area contributed by atoms with Crippen LogP contribution in [0.5, 0.6) is 0 Å². The van der Waals surface area contributed by atoms with Crippen LogP contribution in [0.2, 0.25) is 0 Å². The highest BCUT2D eigenvalue weighted by Crippen LogP contribution is 2.35. The Morgan fingerprint density at radius 1 is 1.24 bits per heavy atom. The number of thiophene rings is 1. The Kier molecular flexibility index (Phi) is 4.94. The van der Waals surface area contributed by atoms with Gasteiger partial charge in [0.1, 0.15) is 10.9 Å². The number of hydrogen-bond donors (Lipinski definition) is 1. The number of anilines is 1. The van der Waals surface area contributed by atoms with E-state index >= 15 is 0 Å². The summed E-state index contributed by atoms with van der Waals surface area (Å²) < 4.78 is 40.7. The molecular formula is C20H18F3N3O2S. The van der Waals surface area contributed by atoms with Gasteiger partial charge in [-0.2, -0.15) is 13.2 Å². The Morgan fingerprint density at radius 2 is 1.97 bits per heavy atom. The Morgan fingerprint density at radius 3 is 2.72 bits per heavy atom. The van der Waals surface area contributed by atoms with Crippen LogP contribution in [-0.4, -0.2) is 15.5 Å². The molecule has 1 unspecified atom stereocenters. The van der Waals surface area contributed by atoms with Crippen LogP contribution in [0.1, 0.15) is 41.8 Å². The highest BCUT2D eigenvalue weighted by atomic mass is 32.1. The van der Waals surface area contributed by atoms with E-state index in [4.69, 9.17) is 0 Å². The van der Waals surface area contributed by atoms with Gasteiger partial charge >= 0.3 is 6.18 Å². The smallest absolute Gasteiger partial charge is 0.324 e. The molecule has 0 radical (unpaired) electrons. The van der Waals surface area contributed by atoms with E-state index in [2.05, 4.69) is 10.3 Å². The number of nitrogens with zero attached hydrogens (tertiary/aromatic N) is 2. The minimum absolute atomic E-state index is 0.332. The molecule has 0 saturated heterocycles. The minimum atomic E-state index is -4.60. The van der Waals surface area contributed by atoms with Crippen molar-refractivity contribution in [2.45, 2.75) is 44.8 Å². The zero-order valence-electron chi connectivity index (χ0n) is 15.5. The monoisotopic (exact) mass is 421 g/mol. The second-order valence-corrected chi connectivity index (χ2v) is 8.14. The van der Waals surface area contributed by atoms with Crippen molar-refractivity contribution < 1.29 is 18.0 Å². The molecule has 2 heterocycles. The Labute approximate surface area is 168 Å². The van der Waals surface area contributed by atoms with Crippen molar-refractivity contribution >= 4 is 33.1 Å². The van der Waals surface area contributed by atoms with Crippen LogP contribution < -0.4 is 10.9 Å². The molecule has 0 saturated carbocycles. The van der Waals surface area contributed by atoms with Crippen molar-refractivity contribution in [2.24, 2.45) is 0 Å². The zero-order chi connectivity index (χ0) is 20.8. The number of benzene rings is 1. The number of nitrogens with one attached hydrogen (secondary N) is 1. The van der Waals surface area contributed by atoms with Gasteiger partial charge < -0.3 is 5.32 Å². The van der Waals surface area contributed by atoms with Crippen molar-refractivity contribution in [1.29, 1.82) is 0 Å². The number of amides is 1. The van der Waals surface area contributed by atoms with Gasteiger partial charge in [0.05, 0.1) is 23.0 Å². The van der Waals surface area contributed by atoms with Gasteiger partial charge in [0.15, 0.2) is 0 Å². The number of para-hydroxylation sites is 1. The van der Waals surface area contributed by atoms with Crippen molar-refractivity contribution in [3.05, 3.63) is 57.0 Å². The van der Waals surface area contributed by atoms with E-state index in [9.17, 15) is 22.8 Å². The summed E-state index contributed by atoms with van der Waals surface area (Å²) in [4.78, 5) is 31.8. The summed E-state index contributed by atoms with van der Waals surface area (Å²) >= 11 is 1.50. The molecule has 1 amide bonds. The number of aryl methyl sites for hydroxylation is 2. The Balaban J connectivity index is 1.68. The van der Waals surface area contributed by atoms with Crippen molar-refractivity contribution in [1.82, 2.24) is 9.55 Å². The number of carbonyl (C=O) groups is 1. The Bertz CT molecular complexity index is 1150. The molecule has 2 aromatic heterocycles. The molecule has 0 spiro atoms. The molecule has 3 aromatic rings. The predicted octanol–water partition coefficient (Wildman–Crippen LogP) is 4.56. The third-order valence-electron chi connectivity index (χ3n) is 5.19. The normalized spacial score (nSPS) is 15.2. The van der Waals surface area contributed by atoms with Gasteiger partial charge in [-0.25, -0.2) is 4.98 Å². The molecule has 4 rings (SSSR count). The lowest BCUT2D eigenvalue weighted by atomic mass is 9.97. The number of alkyl halides is 3. The maximum Gasteiger partial charge on any atom is 0.418 e. The maximum atomic E-state index is 13.2. The van der Waals surface area contributed by atoms with Crippen LogP contribution in [0.15, 0.2) is 35.4 Å². The first-order valence-corrected chi connectivity index (χ1v) is 10.1. The van der Waals surface area contributed by atoms with Crippen LogP contribution in [0.25, 0.3) is 10.2 Å². The Hall–Kier alpha value is -2.68. The molecule has 1 atom stereocenters. The highest BCUT2D eigenvalue weighted by molar-refractivity contribution is 7.18. The minimum Gasteiger partial charge on any atom is -0.324 e. The van der Waals surface area contributed by atoms with E-state index in [0.717, 1.165) is 42.2 Å². The first-order valence-electron chi connectivity index (χ1n) is 9.26. The predicted molar refractivity (Wildman–Crippen MR) is 105 cm³/mol. The summed E-state index contributed by atoms with van der Waals surface area (Å²) in [6, 6.07) is 3.74. The molecular weight excluding hydrogens is 403 g/mol. The van der Waals surface area contributed by atoms with Gasteiger partial charge in [-0.1, -0.05) is 12.1 Å².